The number of hydrogen-bond acceptors (Lipinski definition) is 4. The number of benzene rings is 1. The Hall–Kier alpha value is -1.06. The minimum Gasteiger partial charge on any atom is -0.494 e. The van der Waals surface area contributed by atoms with E-state index in [0.717, 1.165) is 64.5 Å². The van der Waals surface area contributed by atoms with Gasteiger partial charge < -0.3 is 20.5 Å². The number of nitrogens with zero attached hydrogens (tertiary/aromatic N) is 2. The number of morpholine rings is 1. The van der Waals surface area contributed by atoms with Crippen molar-refractivity contribution in [3.8, 4) is 5.75 Å². The third kappa shape index (κ3) is 9.27. The molecular weight excluding hydrogens is 431 g/mol. The fourth-order valence-electron chi connectivity index (χ4n) is 2.67. The first-order valence-corrected chi connectivity index (χ1v) is 8.83. The van der Waals surface area contributed by atoms with E-state index in [1.807, 2.05) is 19.1 Å². The highest BCUT2D eigenvalue weighted by atomic mass is 127. The van der Waals surface area contributed by atoms with E-state index in [-0.39, 0.29) is 24.0 Å². The average molecular weight is 462 g/mol. The maximum absolute atomic E-state index is 5.92. The number of ether oxygens (including phenoxy) is 2. The van der Waals surface area contributed by atoms with E-state index in [2.05, 4.69) is 27.3 Å². The molecule has 2 rings (SSSR count). The lowest BCUT2D eigenvalue weighted by atomic mass is 10.1. The van der Waals surface area contributed by atoms with Gasteiger partial charge in [0.15, 0.2) is 5.96 Å². The third-order valence-electron chi connectivity index (χ3n) is 3.95. The summed E-state index contributed by atoms with van der Waals surface area (Å²) in [5, 5.41) is 3.17. The number of nitrogens with one attached hydrogen (secondary N) is 1. The smallest absolute Gasteiger partial charge is 0.188 e. The Morgan fingerprint density at radius 2 is 2.16 bits per heavy atom. The molecule has 0 atom stereocenters. The zero-order chi connectivity index (χ0) is 17.0. The first-order chi connectivity index (χ1) is 11.8. The number of rotatable bonds is 9. The van der Waals surface area contributed by atoms with E-state index in [1.165, 1.54) is 5.56 Å². The fraction of sp³-hybridized carbons (Fsp3) is 0.611. The molecule has 142 valence electrons. The zero-order valence-corrected chi connectivity index (χ0v) is 17.4. The Bertz CT molecular complexity index is 508. The van der Waals surface area contributed by atoms with Crippen molar-refractivity contribution >= 4 is 29.9 Å². The van der Waals surface area contributed by atoms with Crippen LogP contribution < -0.4 is 15.8 Å². The highest BCUT2D eigenvalue weighted by molar-refractivity contribution is 14.0. The van der Waals surface area contributed by atoms with Crippen LogP contribution in [0.3, 0.4) is 0 Å². The van der Waals surface area contributed by atoms with Crippen molar-refractivity contribution in [3.05, 3.63) is 29.8 Å². The molecule has 0 saturated carbocycles. The minimum absolute atomic E-state index is 0. The second kappa shape index (κ2) is 13.2. The van der Waals surface area contributed by atoms with Gasteiger partial charge >= 0.3 is 0 Å². The Morgan fingerprint density at radius 3 is 2.92 bits per heavy atom. The van der Waals surface area contributed by atoms with E-state index in [0.29, 0.717) is 12.6 Å². The average Bonchev–Trinajstić information content (AvgIpc) is 2.60. The van der Waals surface area contributed by atoms with Crippen molar-refractivity contribution < 1.29 is 9.47 Å². The Labute approximate surface area is 168 Å². The van der Waals surface area contributed by atoms with Crippen molar-refractivity contribution in [2.75, 3.05) is 52.5 Å². The summed E-state index contributed by atoms with van der Waals surface area (Å²) in [5.74, 6) is 1.44. The van der Waals surface area contributed by atoms with Crippen molar-refractivity contribution in [1.29, 1.82) is 0 Å². The molecule has 0 radical (unpaired) electrons. The van der Waals surface area contributed by atoms with E-state index >= 15 is 0 Å². The molecule has 25 heavy (non-hydrogen) atoms. The summed E-state index contributed by atoms with van der Waals surface area (Å²) < 4.78 is 10.8. The van der Waals surface area contributed by atoms with E-state index in [1.54, 1.807) is 0 Å². The van der Waals surface area contributed by atoms with Gasteiger partial charge in [-0.15, -0.1) is 24.0 Å². The molecule has 0 aliphatic carbocycles. The van der Waals surface area contributed by atoms with Crippen LogP contribution in [0.4, 0.5) is 0 Å². The number of nitrogens with two attached hydrogens (primary N) is 1. The van der Waals surface area contributed by atoms with E-state index in [9.17, 15) is 0 Å². The van der Waals surface area contributed by atoms with Gasteiger partial charge in [-0.3, -0.25) is 9.89 Å². The Kier molecular flexibility index (Phi) is 11.6. The van der Waals surface area contributed by atoms with Gasteiger partial charge in [0.1, 0.15) is 5.75 Å². The quantitative estimate of drug-likeness (QED) is 0.254. The van der Waals surface area contributed by atoms with Crippen molar-refractivity contribution in [2.45, 2.75) is 19.8 Å². The topological polar surface area (TPSA) is 72.1 Å². The highest BCUT2D eigenvalue weighted by Crippen LogP contribution is 2.13. The summed E-state index contributed by atoms with van der Waals surface area (Å²) in [6.45, 7) is 9.01. The van der Waals surface area contributed by atoms with Gasteiger partial charge in [-0.2, -0.15) is 0 Å². The normalized spacial score (nSPS) is 15.5. The SMILES string of the molecule is CCOc1cccc(CCNC(N)=NCCCN2CCOCC2)c1.I. The van der Waals surface area contributed by atoms with Gasteiger partial charge in [0.25, 0.3) is 0 Å². The van der Waals surface area contributed by atoms with Crippen molar-refractivity contribution in [3.63, 3.8) is 0 Å². The zero-order valence-electron chi connectivity index (χ0n) is 15.1. The molecule has 1 heterocycles. The Morgan fingerprint density at radius 1 is 1.36 bits per heavy atom. The van der Waals surface area contributed by atoms with Crippen LogP contribution in [0.25, 0.3) is 0 Å². The maximum atomic E-state index is 5.92. The summed E-state index contributed by atoms with van der Waals surface area (Å²) in [5.41, 5.74) is 7.15. The van der Waals surface area contributed by atoms with Crippen LogP contribution in [-0.2, 0) is 11.2 Å². The lowest BCUT2D eigenvalue weighted by molar-refractivity contribution is 0.0377. The first kappa shape index (κ1) is 22.0. The molecule has 3 N–H and O–H groups in total. The molecule has 7 heteroatoms. The second-order valence-corrected chi connectivity index (χ2v) is 5.83. The van der Waals surface area contributed by atoms with Crippen LogP contribution in [0.1, 0.15) is 18.9 Å². The molecule has 1 fully saturated rings. The van der Waals surface area contributed by atoms with Crippen molar-refractivity contribution in [1.82, 2.24) is 10.2 Å². The van der Waals surface area contributed by atoms with E-state index in [4.69, 9.17) is 15.2 Å². The van der Waals surface area contributed by atoms with Crippen LogP contribution in [0.15, 0.2) is 29.3 Å². The summed E-state index contributed by atoms with van der Waals surface area (Å²) in [6, 6.07) is 8.16. The fourth-order valence-corrected chi connectivity index (χ4v) is 2.67. The molecular formula is C18H31IN4O2. The third-order valence-corrected chi connectivity index (χ3v) is 3.95. The monoisotopic (exact) mass is 462 g/mol. The van der Waals surface area contributed by atoms with Crippen LogP contribution >= 0.6 is 24.0 Å². The molecule has 0 unspecified atom stereocenters. The molecule has 0 spiro atoms. The summed E-state index contributed by atoms with van der Waals surface area (Å²) in [4.78, 5) is 6.80. The summed E-state index contributed by atoms with van der Waals surface area (Å²) in [6.07, 6.45) is 1.92. The molecule has 1 aliphatic heterocycles. The van der Waals surface area contributed by atoms with Gasteiger partial charge in [-0.05, 0) is 37.5 Å². The predicted octanol–water partition coefficient (Wildman–Crippen LogP) is 1.87. The molecule has 0 bridgehead atoms. The van der Waals surface area contributed by atoms with Gasteiger partial charge in [-0.25, -0.2) is 0 Å². The molecule has 1 aromatic rings. The highest BCUT2D eigenvalue weighted by Gasteiger charge is 2.08. The van der Waals surface area contributed by atoms with Crippen LogP contribution in [-0.4, -0.2) is 63.4 Å². The molecule has 0 aromatic heterocycles. The predicted molar refractivity (Wildman–Crippen MR) is 113 cm³/mol. The molecule has 1 aromatic carbocycles. The van der Waals surface area contributed by atoms with E-state index < -0.39 is 0 Å². The number of guanidine groups is 1. The van der Waals surface area contributed by atoms with Gasteiger partial charge in [0.2, 0.25) is 0 Å². The maximum Gasteiger partial charge on any atom is 0.188 e. The number of aliphatic imine (C=N–C) groups is 1. The van der Waals surface area contributed by atoms with Gasteiger partial charge in [0.05, 0.1) is 19.8 Å². The number of halogens is 1. The number of hydrogen-bond donors (Lipinski definition) is 2. The van der Waals surface area contributed by atoms with Crippen LogP contribution in [0.2, 0.25) is 0 Å². The summed E-state index contributed by atoms with van der Waals surface area (Å²) in [7, 11) is 0. The lowest BCUT2D eigenvalue weighted by Gasteiger charge is -2.26. The van der Waals surface area contributed by atoms with Crippen LogP contribution in [0.5, 0.6) is 5.75 Å². The standard InChI is InChI=1S/C18H30N4O2.HI/c1-2-24-17-6-3-5-16(15-17)7-9-21-18(19)20-8-4-10-22-11-13-23-14-12-22;/h3,5-6,15H,2,4,7-14H2,1H3,(H3,19,20,21);1H. The molecule has 0 amide bonds. The van der Waals surface area contributed by atoms with Crippen molar-refractivity contribution in [2.24, 2.45) is 10.7 Å². The first-order valence-electron chi connectivity index (χ1n) is 8.83. The Balaban J connectivity index is 0.00000312. The largest absolute Gasteiger partial charge is 0.494 e. The molecule has 6 nitrogen and oxygen atoms in total. The second-order valence-electron chi connectivity index (χ2n) is 5.83. The van der Waals surface area contributed by atoms with Gasteiger partial charge in [-0.1, -0.05) is 12.1 Å². The minimum atomic E-state index is 0. The van der Waals surface area contributed by atoms with Gasteiger partial charge in [0, 0.05) is 32.7 Å². The lowest BCUT2D eigenvalue weighted by Crippen LogP contribution is -2.37. The van der Waals surface area contributed by atoms with Crippen LogP contribution in [0, 0.1) is 0 Å². The summed E-state index contributed by atoms with van der Waals surface area (Å²) >= 11 is 0. The molecule has 1 aliphatic rings. The molecule has 1 saturated heterocycles.